The second-order valence-corrected chi connectivity index (χ2v) is 5.64. The Hall–Kier alpha value is -2.77. The first-order chi connectivity index (χ1) is 11.9. The number of imidazole rings is 1. The Morgan fingerprint density at radius 1 is 1.32 bits per heavy atom. The number of benzene rings is 1. The molecule has 0 fully saturated rings. The van der Waals surface area contributed by atoms with Crippen LogP contribution in [0.4, 0.5) is 14.7 Å². The third-order valence-corrected chi connectivity index (χ3v) is 3.85. The van der Waals surface area contributed by atoms with Crippen LogP contribution < -0.4 is 10.6 Å². The predicted octanol–water partition coefficient (Wildman–Crippen LogP) is 3.26. The molecular formula is C17H20F2N4O2. The summed E-state index contributed by atoms with van der Waals surface area (Å²) < 4.78 is 26.4. The van der Waals surface area contributed by atoms with Crippen LogP contribution >= 0.6 is 0 Å². The highest BCUT2D eigenvalue weighted by Gasteiger charge is 2.20. The number of hydrogen-bond donors (Lipinski definition) is 3. The van der Waals surface area contributed by atoms with Gasteiger partial charge < -0.3 is 10.3 Å². The molecule has 2 aromatic rings. The van der Waals surface area contributed by atoms with Crippen molar-refractivity contribution in [1.29, 1.82) is 0 Å². The first-order valence-corrected chi connectivity index (χ1v) is 7.91. The van der Waals surface area contributed by atoms with Gasteiger partial charge >= 0.3 is 0 Å². The lowest BCUT2D eigenvalue weighted by Crippen LogP contribution is -2.28. The van der Waals surface area contributed by atoms with E-state index < -0.39 is 12.3 Å². The molecule has 2 rings (SSSR count). The van der Waals surface area contributed by atoms with Gasteiger partial charge in [0.1, 0.15) is 0 Å². The van der Waals surface area contributed by atoms with Crippen molar-refractivity contribution in [2.45, 2.75) is 33.2 Å². The number of halogens is 2. The molecule has 1 aromatic heterocycles. The van der Waals surface area contributed by atoms with Gasteiger partial charge in [0.05, 0.1) is 0 Å². The summed E-state index contributed by atoms with van der Waals surface area (Å²) in [6, 6.07) is 4.03. The van der Waals surface area contributed by atoms with Crippen molar-refractivity contribution in [3.8, 4) is 0 Å². The minimum Gasteiger partial charge on any atom is -0.352 e. The summed E-state index contributed by atoms with van der Waals surface area (Å²) in [5, 5.41) is 5.16. The quantitative estimate of drug-likeness (QED) is 0.716. The second kappa shape index (κ2) is 8.36. The van der Waals surface area contributed by atoms with Crippen LogP contribution in [0.3, 0.4) is 0 Å². The number of amides is 2. The number of nitrogens with one attached hydrogen (secondary N) is 3. The minimum absolute atomic E-state index is 0.123. The fourth-order valence-electron chi connectivity index (χ4n) is 2.16. The smallest absolute Gasteiger partial charge is 0.264 e. The van der Waals surface area contributed by atoms with Crippen LogP contribution in [-0.2, 0) is 11.3 Å². The Morgan fingerprint density at radius 3 is 2.68 bits per heavy atom. The van der Waals surface area contributed by atoms with Crippen molar-refractivity contribution < 1.29 is 18.4 Å². The topological polar surface area (TPSA) is 86.9 Å². The number of H-pyrrole nitrogens is 1. The number of nitrogens with zero attached hydrogens (tertiary/aromatic N) is 1. The summed E-state index contributed by atoms with van der Waals surface area (Å²) in [5.74, 6) is -0.787. The normalized spacial score (nSPS) is 12.0. The molecule has 134 valence electrons. The maximum Gasteiger partial charge on any atom is 0.264 e. The first kappa shape index (κ1) is 18.6. The zero-order valence-electron chi connectivity index (χ0n) is 14.0. The number of carbonyl (C=O) groups is 2. The maximum absolute atomic E-state index is 13.2. The van der Waals surface area contributed by atoms with Crippen LogP contribution in [0, 0.1) is 5.92 Å². The Bertz CT molecular complexity index is 732. The van der Waals surface area contributed by atoms with E-state index in [4.69, 9.17) is 0 Å². The molecule has 0 aliphatic carbocycles. The van der Waals surface area contributed by atoms with Gasteiger partial charge in [0.2, 0.25) is 11.9 Å². The van der Waals surface area contributed by atoms with Crippen molar-refractivity contribution >= 4 is 17.8 Å². The highest BCUT2D eigenvalue weighted by Crippen LogP contribution is 2.24. The fourth-order valence-corrected chi connectivity index (χ4v) is 2.16. The highest BCUT2D eigenvalue weighted by molar-refractivity contribution is 6.04. The summed E-state index contributed by atoms with van der Waals surface area (Å²) in [6.07, 6.45) is 0.850. The van der Waals surface area contributed by atoms with Gasteiger partial charge in [-0.2, -0.15) is 0 Å². The summed E-state index contributed by atoms with van der Waals surface area (Å²) in [6.45, 7) is 3.87. The molecule has 0 bridgehead atoms. The molecule has 0 spiro atoms. The van der Waals surface area contributed by atoms with Crippen molar-refractivity contribution in [1.82, 2.24) is 15.3 Å². The summed E-state index contributed by atoms with van der Waals surface area (Å²) >= 11 is 0. The van der Waals surface area contributed by atoms with Gasteiger partial charge in [0, 0.05) is 36.0 Å². The summed E-state index contributed by atoms with van der Waals surface area (Å²) in [5.41, 5.74) is 0.0356. The molecule has 6 nitrogen and oxygen atoms in total. The van der Waals surface area contributed by atoms with Crippen LogP contribution in [-0.4, -0.2) is 21.8 Å². The van der Waals surface area contributed by atoms with E-state index in [1.807, 2.05) is 6.92 Å². The number of rotatable bonds is 7. The molecule has 1 unspecified atom stereocenters. The fraction of sp³-hybridized carbons (Fsp3) is 0.353. The van der Waals surface area contributed by atoms with Crippen molar-refractivity contribution in [2.75, 3.05) is 5.32 Å². The Morgan fingerprint density at radius 2 is 2.08 bits per heavy atom. The van der Waals surface area contributed by atoms with Crippen LogP contribution in [0.1, 0.15) is 48.2 Å². The number of anilines is 1. The molecule has 3 N–H and O–H groups in total. The highest BCUT2D eigenvalue weighted by atomic mass is 19.3. The van der Waals surface area contributed by atoms with Crippen LogP contribution in [0.5, 0.6) is 0 Å². The molecule has 8 heteroatoms. The van der Waals surface area contributed by atoms with E-state index >= 15 is 0 Å². The van der Waals surface area contributed by atoms with Gasteiger partial charge in [0.25, 0.3) is 12.3 Å². The third kappa shape index (κ3) is 4.85. The predicted molar refractivity (Wildman–Crippen MR) is 89.2 cm³/mol. The van der Waals surface area contributed by atoms with Crippen LogP contribution in [0.25, 0.3) is 0 Å². The van der Waals surface area contributed by atoms with E-state index in [1.54, 1.807) is 6.92 Å². The van der Waals surface area contributed by atoms with Gasteiger partial charge in [-0.15, -0.1) is 0 Å². The molecular weight excluding hydrogens is 330 g/mol. The molecule has 25 heavy (non-hydrogen) atoms. The molecule has 0 saturated heterocycles. The lowest BCUT2D eigenvalue weighted by Gasteiger charge is -2.13. The Kier molecular flexibility index (Phi) is 6.21. The molecule has 0 radical (unpaired) electrons. The second-order valence-electron chi connectivity index (χ2n) is 5.64. The zero-order valence-corrected chi connectivity index (χ0v) is 14.0. The van der Waals surface area contributed by atoms with Crippen molar-refractivity contribution in [3.05, 3.63) is 47.3 Å². The van der Waals surface area contributed by atoms with Gasteiger partial charge in [-0.05, 0) is 18.1 Å². The molecule has 2 amide bonds. The Labute approximate surface area is 144 Å². The molecule has 0 aliphatic heterocycles. The molecule has 0 aliphatic rings. The maximum atomic E-state index is 13.2. The summed E-state index contributed by atoms with van der Waals surface area (Å²) in [7, 11) is 0. The zero-order chi connectivity index (χ0) is 18.4. The Balaban J connectivity index is 2.18. The number of hydrogen-bond acceptors (Lipinski definition) is 3. The van der Waals surface area contributed by atoms with E-state index in [0.29, 0.717) is 12.0 Å². The van der Waals surface area contributed by atoms with Gasteiger partial charge in [-0.25, -0.2) is 13.8 Å². The van der Waals surface area contributed by atoms with Crippen LogP contribution in [0.2, 0.25) is 0 Å². The minimum atomic E-state index is -2.79. The summed E-state index contributed by atoms with van der Waals surface area (Å²) in [4.78, 5) is 30.6. The van der Waals surface area contributed by atoms with Crippen LogP contribution in [0.15, 0.2) is 30.6 Å². The number of alkyl halides is 2. The SMILES string of the molecule is CCC(C)C(=O)NCc1ccc(C(F)F)c(C(=O)Nc2ncc[nH]2)c1. The third-order valence-electron chi connectivity index (χ3n) is 3.85. The van der Waals surface area contributed by atoms with E-state index in [2.05, 4.69) is 20.6 Å². The average Bonchev–Trinajstić information content (AvgIpc) is 3.11. The average molecular weight is 350 g/mol. The number of aromatic nitrogens is 2. The van der Waals surface area contributed by atoms with E-state index in [0.717, 1.165) is 0 Å². The monoisotopic (exact) mass is 350 g/mol. The number of carbonyl (C=O) groups excluding carboxylic acids is 2. The van der Waals surface area contributed by atoms with E-state index in [-0.39, 0.29) is 35.4 Å². The molecule has 1 heterocycles. The molecule has 1 atom stereocenters. The first-order valence-electron chi connectivity index (χ1n) is 7.91. The lowest BCUT2D eigenvalue weighted by atomic mass is 10.0. The molecule has 0 saturated carbocycles. The lowest BCUT2D eigenvalue weighted by molar-refractivity contribution is -0.124. The largest absolute Gasteiger partial charge is 0.352 e. The molecule has 1 aromatic carbocycles. The van der Waals surface area contributed by atoms with Crippen molar-refractivity contribution in [3.63, 3.8) is 0 Å². The number of aromatic amines is 1. The van der Waals surface area contributed by atoms with Gasteiger partial charge in [-0.3, -0.25) is 14.9 Å². The van der Waals surface area contributed by atoms with E-state index in [9.17, 15) is 18.4 Å². The van der Waals surface area contributed by atoms with E-state index in [1.165, 1.54) is 30.6 Å². The van der Waals surface area contributed by atoms with Crippen molar-refractivity contribution in [2.24, 2.45) is 5.92 Å². The van der Waals surface area contributed by atoms with Gasteiger partial charge in [0.15, 0.2) is 0 Å². The van der Waals surface area contributed by atoms with Gasteiger partial charge in [-0.1, -0.05) is 26.0 Å². The standard InChI is InChI=1S/C17H20F2N4O2/c1-3-10(2)15(24)22-9-11-4-5-12(14(18)19)13(8-11)16(25)23-17-20-6-7-21-17/h4-8,10,14H,3,9H2,1-2H3,(H,22,24)(H2,20,21,23,25).